The molecule has 1 saturated heterocycles. The highest BCUT2D eigenvalue weighted by molar-refractivity contribution is 5.46. The molecule has 3 atom stereocenters. The lowest BCUT2D eigenvalue weighted by Crippen LogP contribution is -2.30. The SMILES string of the molecule is COc1cccc(CN2CC3CCC(N)C3C2)c1OC. The molecule has 1 aliphatic heterocycles. The minimum absolute atomic E-state index is 0.400. The number of ether oxygens (including phenoxy) is 2. The summed E-state index contributed by atoms with van der Waals surface area (Å²) in [6, 6.07) is 6.49. The van der Waals surface area contributed by atoms with Crippen molar-refractivity contribution in [3.8, 4) is 11.5 Å². The lowest BCUT2D eigenvalue weighted by atomic mass is 9.98. The minimum Gasteiger partial charge on any atom is -0.493 e. The van der Waals surface area contributed by atoms with E-state index in [-0.39, 0.29) is 0 Å². The van der Waals surface area contributed by atoms with Gasteiger partial charge in [0.05, 0.1) is 14.2 Å². The lowest BCUT2D eigenvalue weighted by Gasteiger charge is -2.20. The van der Waals surface area contributed by atoms with Crippen molar-refractivity contribution in [2.75, 3.05) is 27.3 Å². The van der Waals surface area contributed by atoms with Gasteiger partial charge in [0.1, 0.15) is 0 Å². The number of nitrogens with two attached hydrogens (primary N) is 1. The van der Waals surface area contributed by atoms with Crippen molar-refractivity contribution in [3.05, 3.63) is 23.8 Å². The first-order valence-corrected chi connectivity index (χ1v) is 7.40. The number of benzene rings is 1. The maximum Gasteiger partial charge on any atom is 0.165 e. The second-order valence-electron chi connectivity index (χ2n) is 6.01. The van der Waals surface area contributed by atoms with Gasteiger partial charge in [-0.25, -0.2) is 0 Å². The Bertz CT molecular complexity index is 478. The summed E-state index contributed by atoms with van der Waals surface area (Å²) in [6.07, 6.45) is 2.49. The number of likely N-dealkylation sites (tertiary alicyclic amines) is 1. The van der Waals surface area contributed by atoms with Gasteiger partial charge < -0.3 is 15.2 Å². The zero-order valence-electron chi connectivity index (χ0n) is 12.3. The number of hydrogen-bond donors (Lipinski definition) is 1. The van der Waals surface area contributed by atoms with Gasteiger partial charge in [-0.1, -0.05) is 12.1 Å². The summed E-state index contributed by atoms with van der Waals surface area (Å²) in [6.45, 7) is 3.20. The third kappa shape index (κ3) is 2.38. The Balaban J connectivity index is 1.73. The van der Waals surface area contributed by atoms with Crippen LogP contribution >= 0.6 is 0 Å². The van der Waals surface area contributed by atoms with Crippen LogP contribution in [0.1, 0.15) is 18.4 Å². The first-order chi connectivity index (χ1) is 9.72. The van der Waals surface area contributed by atoms with E-state index in [0.717, 1.165) is 30.5 Å². The topological polar surface area (TPSA) is 47.7 Å². The van der Waals surface area contributed by atoms with E-state index >= 15 is 0 Å². The largest absolute Gasteiger partial charge is 0.493 e. The summed E-state index contributed by atoms with van der Waals surface area (Å²) in [5.41, 5.74) is 7.40. The fourth-order valence-corrected chi connectivity index (χ4v) is 3.85. The first-order valence-electron chi connectivity index (χ1n) is 7.40. The molecular weight excluding hydrogens is 252 g/mol. The second kappa shape index (κ2) is 5.62. The molecule has 2 aliphatic rings. The van der Waals surface area contributed by atoms with E-state index in [1.54, 1.807) is 14.2 Å². The zero-order chi connectivity index (χ0) is 14.1. The van der Waals surface area contributed by atoms with Crippen LogP contribution in [0.25, 0.3) is 0 Å². The van der Waals surface area contributed by atoms with Gasteiger partial charge in [0.15, 0.2) is 11.5 Å². The highest BCUT2D eigenvalue weighted by Crippen LogP contribution is 2.39. The predicted molar refractivity (Wildman–Crippen MR) is 79.0 cm³/mol. The summed E-state index contributed by atoms with van der Waals surface area (Å²) in [5.74, 6) is 3.14. The molecule has 0 spiro atoms. The van der Waals surface area contributed by atoms with E-state index < -0.39 is 0 Å². The highest BCUT2D eigenvalue weighted by atomic mass is 16.5. The fourth-order valence-electron chi connectivity index (χ4n) is 3.85. The van der Waals surface area contributed by atoms with E-state index in [0.29, 0.717) is 12.0 Å². The van der Waals surface area contributed by atoms with Crippen molar-refractivity contribution < 1.29 is 9.47 Å². The van der Waals surface area contributed by atoms with Crippen molar-refractivity contribution >= 4 is 0 Å². The monoisotopic (exact) mass is 276 g/mol. The normalized spacial score (nSPS) is 29.4. The van der Waals surface area contributed by atoms with Gasteiger partial charge in [0, 0.05) is 31.2 Å². The van der Waals surface area contributed by atoms with E-state index in [4.69, 9.17) is 15.2 Å². The number of nitrogens with zero attached hydrogens (tertiary/aromatic N) is 1. The molecule has 1 aromatic carbocycles. The summed E-state index contributed by atoms with van der Waals surface area (Å²) < 4.78 is 10.9. The molecule has 110 valence electrons. The summed E-state index contributed by atoms with van der Waals surface area (Å²) in [5, 5.41) is 0. The fraction of sp³-hybridized carbons (Fsp3) is 0.625. The van der Waals surface area contributed by atoms with Crippen molar-refractivity contribution in [1.29, 1.82) is 0 Å². The third-order valence-electron chi connectivity index (χ3n) is 4.87. The third-order valence-corrected chi connectivity index (χ3v) is 4.87. The van der Waals surface area contributed by atoms with Crippen LogP contribution in [0.5, 0.6) is 11.5 Å². The Kier molecular flexibility index (Phi) is 3.85. The average molecular weight is 276 g/mol. The Morgan fingerprint density at radius 1 is 1.20 bits per heavy atom. The molecule has 1 aliphatic carbocycles. The molecule has 0 aromatic heterocycles. The molecule has 0 amide bonds. The maximum atomic E-state index is 6.21. The van der Waals surface area contributed by atoms with Crippen LogP contribution in [0.15, 0.2) is 18.2 Å². The number of rotatable bonds is 4. The molecule has 4 heteroatoms. The van der Waals surface area contributed by atoms with Crippen molar-refractivity contribution in [1.82, 2.24) is 4.90 Å². The minimum atomic E-state index is 0.400. The van der Waals surface area contributed by atoms with Crippen LogP contribution in [0.2, 0.25) is 0 Å². The van der Waals surface area contributed by atoms with Crippen LogP contribution in [0.3, 0.4) is 0 Å². The molecule has 20 heavy (non-hydrogen) atoms. The van der Waals surface area contributed by atoms with Crippen molar-refractivity contribution in [2.45, 2.75) is 25.4 Å². The highest BCUT2D eigenvalue weighted by Gasteiger charge is 2.40. The standard InChI is InChI=1S/C16H24N2O2/c1-19-15-5-3-4-12(16(15)20-2)9-18-8-11-6-7-14(17)13(11)10-18/h3-5,11,13-14H,6-10,17H2,1-2H3. The smallest absolute Gasteiger partial charge is 0.165 e. The molecule has 1 heterocycles. The molecular formula is C16H24N2O2. The number of methoxy groups -OCH3 is 2. The second-order valence-corrected chi connectivity index (χ2v) is 6.01. The molecule has 3 rings (SSSR count). The Morgan fingerprint density at radius 3 is 2.75 bits per heavy atom. The van der Waals surface area contributed by atoms with Crippen LogP contribution in [0, 0.1) is 11.8 Å². The average Bonchev–Trinajstić information content (AvgIpc) is 3.00. The zero-order valence-corrected chi connectivity index (χ0v) is 12.3. The van der Waals surface area contributed by atoms with Gasteiger partial charge in [-0.15, -0.1) is 0 Å². The maximum absolute atomic E-state index is 6.21. The van der Waals surface area contributed by atoms with E-state index in [9.17, 15) is 0 Å². The number of hydrogen-bond acceptors (Lipinski definition) is 4. The molecule has 3 unspecified atom stereocenters. The summed E-state index contributed by atoms with van der Waals surface area (Å²) in [4.78, 5) is 2.51. The van der Waals surface area contributed by atoms with Crippen LogP contribution in [-0.2, 0) is 6.54 Å². The van der Waals surface area contributed by atoms with Crippen molar-refractivity contribution in [2.24, 2.45) is 17.6 Å². The summed E-state index contributed by atoms with van der Waals surface area (Å²) >= 11 is 0. The van der Waals surface area contributed by atoms with Gasteiger partial charge >= 0.3 is 0 Å². The molecule has 2 N–H and O–H groups in total. The van der Waals surface area contributed by atoms with Gasteiger partial charge in [0.2, 0.25) is 0 Å². The molecule has 1 aromatic rings. The van der Waals surface area contributed by atoms with Gasteiger partial charge in [-0.3, -0.25) is 4.90 Å². The predicted octanol–water partition coefficient (Wildman–Crippen LogP) is 1.87. The molecule has 1 saturated carbocycles. The van der Waals surface area contributed by atoms with Gasteiger partial charge in [0.25, 0.3) is 0 Å². The quantitative estimate of drug-likeness (QED) is 0.912. The van der Waals surface area contributed by atoms with E-state index in [1.165, 1.54) is 24.9 Å². The van der Waals surface area contributed by atoms with Crippen LogP contribution in [-0.4, -0.2) is 38.3 Å². The number of fused-ring (bicyclic) bond motifs is 1. The Hall–Kier alpha value is -1.26. The van der Waals surface area contributed by atoms with E-state index in [2.05, 4.69) is 11.0 Å². The van der Waals surface area contributed by atoms with Gasteiger partial charge in [-0.2, -0.15) is 0 Å². The lowest BCUT2D eigenvalue weighted by molar-refractivity contribution is 0.288. The molecule has 4 nitrogen and oxygen atoms in total. The number of para-hydroxylation sites is 1. The Morgan fingerprint density at radius 2 is 2.05 bits per heavy atom. The van der Waals surface area contributed by atoms with Crippen LogP contribution in [0.4, 0.5) is 0 Å². The first kappa shape index (κ1) is 13.7. The van der Waals surface area contributed by atoms with Crippen molar-refractivity contribution in [3.63, 3.8) is 0 Å². The van der Waals surface area contributed by atoms with E-state index in [1.807, 2.05) is 12.1 Å². The molecule has 2 fully saturated rings. The van der Waals surface area contributed by atoms with Crippen LogP contribution < -0.4 is 15.2 Å². The van der Waals surface area contributed by atoms with Gasteiger partial charge in [-0.05, 0) is 30.7 Å². The molecule has 0 bridgehead atoms. The molecule has 0 radical (unpaired) electrons. The Labute approximate surface area is 120 Å². The summed E-state index contributed by atoms with van der Waals surface area (Å²) in [7, 11) is 3.39.